The van der Waals surface area contributed by atoms with Gasteiger partial charge < -0.3 is 15.4 Å². The maximum absolute atomic E-state index is 12.5. The highest BCUT2D eigenvalue weighted by atomic mass is 16.5. The summed E-state index contributed by atoms with van der Waals surface area (Å²) in [5.74, 6) is -0.177. The number of esters is 1. The van der Waals surface area contributed by atoms with E-state index in [2.05, 4.69) is 27.5 Å². The second-order valence-electron chi connectivity index (χ2n) is 6.97. The molecule has 0 saturated heterocycles. The Balaban J connectivity index is 2.23. The molecule has 3 N–H and O–H groups in total. The summed E-state index contributed by atoms with van der Waals surface area (Å²) in [6.45, 7) is 5.21. The van der Waals surface area contributed by atoms with Crippen LogP contribution in [0.25, 0.3) is 0 Å². The molecule has 1 aromatic rings. The van der Waals surface area contributed by atoms with Gasteiger partial charge in [0.25, 0.3) is 5.91 Å². The molecule has 0 aromatic carbocycles. The molecule has 0 bridgehead atoms. The molecule has 1 aliphatic rings. The topological polar surface area (TPSA) is 117 Å². The van der Waals surface area contributed by atoms with Gasteiger partial charge in [-0.3, -0.25) is 15.2 Å². The van der Waals surface area contributed by atoms with Gasteiger partial charge in [-0.25, -0.2) is 9.78 Å². The Hall–Kier alpha value is -2.77. The second-order valence-corrected chi connectivity index (χ2v) is 6.97. The normalized spacial score (nSPS) is 17.5. The fraction of sp³-hybridized carbons (Fsp3) is 0.500. The first kappa shape index (κ1) is 19.6. The molecule has 1 aromatic heterocycles. The summed E-state index contributed by atoms with van der Waals surface area (Å²) in [6.07, 6.45) is 6.95. The van der Waals surface area contributed by atoms with Gasteiger partial charge in [0.15, 0.2) is 0 Å². The number of nitrogens with zero attached hydrogens (tertiary/aromatic N) is 2. The van der Waals surface area contributed by atoms with Gasteiger partial charge in [-0.1, -0.05) is 6.92 Å². The van der Waals surface area contributed by atoms with Gasteiger partial charge in [0.1, 0.15) is 17.1 Å². The third-order valence-electron chi connectivity index (χ3n) is 4.30. The fourth-order valence-electron chi connectivity index (χ4n) is 2.83. The van der Waals surface area contributed by atoms with Crippen molar-refractivity contribution in [1.82, 2.24) is 15.3 Å². The van der Waals surface area contributed by atoms with E-state index in [1.807, 2.05) is 0 Å². The SMILES string of the molecule is COC(=O)C(C)(C)NC(=O)C(=N)C1=C(Nc2cnccn2)CC(C)CC1. The number of amides is 1. The Morgan fingerprint density at radius 2 is 2.08 bits per heavy atom. The summed E-state index contributed by atoms with van der Waals surface area (Å²) in [5.41, 5.74) is 0.0616. The van der Waals surface area contributed by atoms with E-state index in [0.717, 1.165) is 12.1 Å². The molecule has 0 spiro atoms. The predicted molar refractivity (Wildman–Crippen MR) is 97.7 cm³/mol. The highest BCUT2D eigenvalue weighted by molar-refractivity contribution is 6.44. The maximum atomic E-state index is 12.5. The first-order valence-electron chi connectivity index (χ1n) is 8.49. The molecular weight excluding hydrogens is 334 g/mol. The monoisotopic (exact) mass is 359 g/mol. The number of carbonyl (C=O) groups excluding carboxylic acids is 2. The molecule has 0 aliphatic heterocycles. The third kappa shape index (κ3) is 4.65. The van der Waals surface area contributed by atoms with Crippen LogP contribution in [-0.2, 0) is 14.3 Å². The lowest BCUT2D eigenvalue weighted by Gasteiger charge is -2.27. The molecule has 0 radical (unpaired) electrons. The molecule has 0 fully saturated rings. The number of nitrogens with one attached hydrogen (secondary N) is 3. The third-order valence-corrected chi connectivity index (χ3v) is 4.30. The van der Waals surface area contributed by atoms with Gasteiger partial charge in [-0.05, 0) is 39.0 Å². The number of hydrogen-bond donors (Lipinski definition) is 3. The quantitative estimate of drug-likeness (QED) is 0.529. The van der Waals surface area contributed by atoms with Crippen LogP contribution < -0.4 is 10.6 Å². The number of methoxy groups -OCH3 is 1. The van der Waals surface area contributed by atoms with Crippen LogP contribution in [0.2, 0.25) is 0 Å². The number of carbonyl (C=O) groups is 2. The number of allylic oxidation sites excluding steroid dienone is 1. The molecule has 8 nitrogen and oxygen atoms in total. The van der Waals surface area contributed by atoms with Crippen molar-refractivity contribution in [2.24, 2.45) is 5.92 Å². The molecule has 1 aliphatic carbocycles. The maximum Gasteiger partial charge on any atom is 0.330 e. The smallest absolute Gasteiger partial charge is 0.330 e. The van der Waals surface area contributed by atoms with Crippen molar-refractivity contribution in [3.8, 4) is 0 Å². The van der Waals surface area contributed by atoms with Gasteiger partial charge in [0, 0.05) is 23.7 Å². The molecule has 1 unspecified atom stereocenters. The van der Waals surface area contributed by atoms with E-state index in [-0.39, 0.29) is 5.71 Å². The van der Waals surface area contributed by atoms with E-state index in [1.165, 1.54) is 7.11 Å². The highest BCUT2D eigenvalue weighted by Crippen LogP contribution is 2.30. The van der Waals surface area contributed by atoms with Crippen molar-refractivity contribution in [3.05, 3.63) is 29.9 Å². The zero-order valence-electron chi connectivity index (χ0n) is 15.5. The van der Waals surface area contributed by atoms with Gasteiger partial charge in [0.05, 0.1) is 13.3 Å². The Bertz CT molecular complexity index is 728. The predicted octanol–water partition coefficient (Wildman–Crippen LogP) is 2.05. The number of anilines is 1. The number of aromatic nitrogens is 2. The minimum absolute atomic E-state index is 0.153. The van der Waals surface area contributed by atoms with E-state index in [1.54, 1.807) is 32.4 Å². The van der Waals surface area contributed by atoms with Crippen LogP contribution in [0.1, 0.15) is 40.0 Å². The van der Waals surface area contributed by atoms with E-state index in [0.29, 0.717) is 30.2 Å². The van der Waals surface area contributed by atoms with Crippen LogP contribution in [0.3, 0.4) is 0 Å². The summed E-state index contributed by atoms with van der Waals surface area (Å²) < 4.78 is 4.69. The largest absolute Gasteiger partial charge is 0.467 e. The minimum Gasteiger partial charge on any atom is -0.467 e. The van der Waals surface area contributed by atoms with Crippen molar-refractivity contribution < 1.29 is 14.3 Å². The Kier molecular flexibility index (Phi) is 6.07. The van der Waals surface area contributed by atoms with Crippen molar-refractivity contribution >= 4 is 23.4 Å². The molecule has 1 atom stereocenters. The lowest BCUT2D eigenvalue weighted by atomic mass is 9.85. The average Bonchev–Trinajstić information content (AvgIpc) is 2.61. The zero-order valence-corrected chi connectivity index (χ0v) is 15.5. The minimum atomic E-state index is -1.21. The van der Waals surface area contributed by atoms with Crippen LogP contribution in [0.4, 0.5) is 5.82 Å². The van der Waals surface area contributed by atoms with Crippen molar-refractivity contribution in [1.29, 1.82) is 5.41 Å². The van der Waals surface area contributed by atoms with Crippen molar-refractivity contribution in [3.63, 3.8) is 0 Å². The first-order chi connectivity index (χ1) is 12.2. The first-order valence-corrected chi connectivity index (χ1v) is 8.49. The van der Waals surface area contributed by atoms with Crippen LogP contribution >= 0.6 is 0 Å². The Labute approximate surface area is 153 Å². The van der Waals surface area contributed by atoms with Gasteiger partial charge in [-0.15, -0.1) is 0 Å². The fourth-order valence-corrected chi connectivity index (χ4v) is 2.83. The van der Waals surface area contributed by atoms with Crippen LogP contribution in [0.15, 0.2) is 29.9 Å². The molecule has 140 valence electrons. The van der Waals surface area contributed by atoms with Crippen molar-refractivity contribution in [2.45, 2.75) is 45.6 Å². The molecule has 8 heteroatoms. The zero-order chi connectivity index (χ0) is 19.3. The highest BCUT2D eigenvalue weighted by Gasteiger charge is 2.33. The van der Waals surface area contributed by atoms with E-state index in [4.69, 9.17) is 10.1 Å². The standard InChI is InChI=1S/C18H25N5O3/c1-11-5-6-12(13(9-11)22-14-10-20-7-8-21-14)15(19)16(24)23-18(2,3)17(25)26-4/h7-8,10-11,19H,5-6,9H2,1-4H3,(H,21,22)(H,23,24). The summed E-state index contributed by atoms with van der Waals surface area (Å²) in [7, 11) is 1.26. The van der Waals surface area contributed by atoms with Crippen molar-refractivity contribution in [2.75, 3.05) is 12.4 Å². The van der Waals surface area contributed by atoms with Gasteiger partial charge >= 0.3 is 5.97 Å². The van der Waals surface area contributed by atoms with E-state index in [9.17, 15) is 9.59 Å². The average molecular weight is 359 g/mol. The van der Waals surface area contributed by atoms with Crippen LogP contribution in [0, 0.1) is 11.3 Å². The lowest BCUT2D eigenvalue weighted by Crippen LogP contribution is -2.52. The Morgan fingerprint density at radius 1 is 1.35 bits per heavy atom. The van der Waals surface area contributed by atoms with Gasteiger partial charge in [0.2, 0.25) is 0 Å². The summed E-state index contributed by atoms with van der Waals surface area (Å²) in [4.78, 5) is 32.5. The molecule has 1 amide bonds. The number of hydrogen-bond acceptors (Lipinski definition) is 7. The summed E-state index contributed by atoms with van der Waals surface area (Å²) >= 11 is 0. The van der Waals surface area contributed by atoms with E-state index >= 15 is 0 Å². The summed E-state index contributed by atoms with van der Waals surface area (Å²) in [5, 5.41) is 14.1. The molecule has 2 rings (SSSR count). The summed E-state index contributed by atoms with van der Waals surface area (Å²) in [6, 6.07) is 0. The second kappa shape index (κ2) is 8.07. The van der Waals surface area contributed by atoms with E-state index < -0.39 is 17.4 Å². The number of rotatable bonds is 6. The lowest BCUT2D eigenvalue weighted by molar-refractivity contribution is -0.148. The molecule has 0 saturated carbocycles. The molecule has 26 heavy (non-hydrogen) atoms. The van der Waals surface area contributed by atoms with Crippen LogP contribution in [-0.4, -0.2) is 40.2 Å². The Morgan fingerprint density at radius 3 is 2.69 bits per heavy atom. The molecular formula is C18H25N5O3. The molecule has 1 heterocycles. The number of ether oxygens (including phenoxy) is 1. The van der Waals surface area contributed by atoms with Gasteiger partial charge in [-0.2, -0.15) is 0 Å². The van der Waals surface area contributed by atoms with Crippen LogP contribution in [0.5, 0.6) is 0 Å².